The van der Waals surface area contributed by atoms with Crippen LogP contribution in [0, 0.1) is 12.8 Å². The van der Waals surface area contributed by atoms with E-state index < -0.39 is 0 Å². The second-order valence-corrected chi connectivity index (χ2v) is 3.66. The molecule has 2 N–H and O–H groups in total. The third-order valence-corrected chi connectivity index (χ3v) is 2.80. The molecule has 0 radical (unpaired) electrons. The molecule has 0 saturated heterocycles. The van der Waals surface area contributed by atoms with Gasteiger partial charge in [-0.3, -0.25) is 4.68 Å². The van der Waals surface area contributed by atoms with E-state index in [2.05, 4.69) is 5.10 Å². The zero-order valence-electron chi connectivity index (χ0n) is 7.45. The van der Waals surface area contributed by atoms with E-state index in [9.17, 15) is 0 Å². The van der Waals surface area contributed by atoms with Crippen LogP contribution < -0.4 is 5.73 Å². The molecule has 3 heteroatoms. The van der Waals surface area contributed by atoms with E-state index in [1.54, 1.807) is 6.20 Å². The lowest BCUT2D eigenvalue weighted by atomic mass is 9.85. The van der Waals surface area contributed by atoms with Crippen LogP contribution in [0.4, 0.5) is 5.69 Å². The van der Waals surface area contributed by atoms with Gasteiger partial charge < -0.3 is 5.73 Å². The largest absolute Gasteiger partial charge is 0.396 e. The van der Waals surface area contributed by atoms with Crippen molar-refractivity contribution < 1.29 is 0 Å². The summed E-state index contributed by atoms with van der Waals surface area (Å²) in [7, 11) is 0. The quantitative estimate of drug-likeness (QED) is 0.723. The molecule has 0 aromatic carbocycles. The fourth-order valence-corrected chi connectivity index (χ4v) is 1.56. The molecule has 3 nitrogen and oxygen atoms in total. The lowest BCUT2D eigenvalue weighted by Gasteiger charge is -2.25. The smallest absolute Gasteiger partial charge is 0.0730 e. The monoisotopic (exact) mass is 165 g/mol. The minimum atomic E-state index is 0.814. The lowest BCUT2D eigenvalue weighted by molar-refractivity contribution is 0.264. The highest BCUT2D eigenvalue weighted by Gasteiger charge is 2.18. The molecular weight excluding hydrogens is 150 g/mol. The molecule has 1 aliphatic rings. The van der Waals surface area contributed by atoms with Crippen LogP contribution in [0.2, 0.25) is 0 Å². The van der Waals surface area contributed by atoms with Crippen molar-refractivity contribution >= 4 is 5.69 Å². The SMILES string of the molecule is Cc1c(N)cnn1CC1CCC1. The summed E-state index contributed by atoms with van der Waals surface area (Å²) in [5, 5.41) is 4.23. The Bertz CT molecular complexity index is 273. The number of anilines is 1. The number of hydrogen-bond acceptors (Lipinski definition) is 2. The summed E-state index contributed by atoms with van der Waals surface area (Å²) in [6, 6.07) is 0. The highest BCUT2D eigenvalue weighted by atomic mass is 15.3. The summed E-state index contributed by atoms with van der Waals surface area (Å²) >= 11 is 0. The maximum absolute atomic E-state index is 5.69. The van der Waals surface area contributed by atoms with Crippen molar-refractivity contribution in [3.63, 3.8) is 0 Å². The molecule has 1 aliphatic carbocycles. The van der Waals surface area contributed by atoms with Gasteiger partial charge in [0, 0.05) is 6.54 Å². The fraction of sp³-hybridized carbons (Fsp3) is 0.667. The molecule has 1 fully saturated rings. The first kappa shape index (κ1) is 7.65. The Morgan fingerprint density at radius 3 is 2.83 bits per heavy atom. The van der Waals surface area contributed by atoms with Crippen LogP contribution in [0.1, 0.15) is 25.0 Å². The fourth-order valence-electron chi connectivity index (χ4n) is 1.56. The Balaban J connectivity index is 2.06. The molecule has 1 aromatic rings. The zero-order chi connectivity index (χ0) is 8.55. The second kappa shape index (κ2) is 2.81. The summed E-state index contributed by atoms with van der Waals surface area (Å²) in [6.45, 7) is 3.09. The summed E-state index contributed by atoms with van der Waals surface area (Å²) in [4.78, 5) is 0. The molecule has 12 heavy (non-hydrogen) atoms. The first-order valence-electron chi connectivity index (χ1n) is 4.55. The first-order valence-corrected chi connectivity index (χ1v) is 4.55. The Morgan fingerprint density at radius 1 is 1.67 bits per heavy atom. The molecular formula is C9H15N3. The standard InChI is InChI=1S/C9H15N3/c1-7-9(10)5-11-12(7)6-8-3-2-4-8/h5,8H,2-4,6,10H2,1H3. The first-order chi connectivity index (χ1) is 5.77. The van der Waals surface area contributed by atoms with Gasteiger partial charge in [0.15, 0.2) is 0 Å². The van der Waals surface area contributed by atoms with E-state index in [1.807, 2.05) is 11.6 Å². The average Bonchev–Trinajstić information content (AvgIpc) is 2.27. The molecule has 0 aliphatic heterocycles. The zero-order valence-corrected chi connectivity index (χ0v) is 7.45. The number of nitrogens with zero attached hydrogens (tertiary/aromatic N) is 2. The lowest BCUT2D eigenvalue weighted by Crippen LogP contribution is -2.19. The van der Waals surface area contributed by atoms with Crippen molar-refractivity contribution in [2.24, 2.45) is 5.92 Å². The Labute approximate surface area is 72.6 Å². The maximum Gasteiger partial charge on any atom is 0.0730 e. The molecule has 0 unspecified atom stereocenters. The van der Waals surface area contributed by atoms with Gasteiger partial charge in [-0.25, -0.2) is 0 Å². The Hall–Kier alpha value is -0.990. The van der Waals surface area contributed by atoms with E-state index in [1.165, 1.54) is 19.3 Å². The van der Waals surface area contributed by atoms with Crippen molar-refractivity contribution in [2.75, 3.05) is 5.73 Å². The second-order valence-electron chi connectivity index (χ2n) is 3.66. The van der Waals surface area contributed by atoms with Gasteiger partial charge in [-0.1, -0.05) is 6.42 Å². The summed E-state index contributed by atoms with van der Waals surface area (Å²) < 4.78 is 2.03. The highest BCUT2D eigenvalue weighted by Crippen LogP contribution is 2.28. The van der Waals surface area contributed by atoms with Crippen molar-refractivity contribution in [2.45, 2.75) is 32.7 Å². The minimum Gasteiger partial charge on any atom is -0.396 e. The molecule has 1 heterocycles. The number of hydrogen-bond donors (Lipinski definition) is 1. The molecule has 0 spiro atoms. The molecule has 0 atom stereocenters. The van der Waals surface area contributed by atoms with Gasteiger partial charge in [0.1, 0.15) is 0 Å². The third-order valence-electron chi connectivity index (χ3n) is 2.80. The predicted octanol–water partition coefficient (Wildman–Crippen LogP) is 1.57. The van der Waals surface area contributed by atoms with Crippen LogP contribution >= 0.6 is 0 Å². The molecule has 1 aromatic heterocycles. The van der Waals surface area contributed by atoms with Gasteiger partial charge in [0.25, 0.3) is 0 Å². The molecule has 0 bridgehead atoms. The van der Waals surface area contributed by atoms with Crippen LogP contribution in [0.25, 0.3) is 0 Å². The Kier molecular flexibility index (Phi) is 1.79. The van der Waals surface area contributed by atoms with E-state index in [4.69, 9.17) is 5.73 Å². The van der Waals surface area contributed by atoms with Crippen LogP contribution in [0.3, 0.4) is 0 Å². The van der Waals surface area contributed by atoms with Gasteiger partial charge in [-0.2, -0.15) is 5.10 Å². The van der Waals surface area contributed by atoms with Gasteiger partial charge in [-0.05, 0) is 25.7 Å². The van der Waals surface area contributed by atoms with Gasteiger partial charge in [-0.15, -0.1) is 0 Å². The van der Waals surface area contributed by atoms with Crippen molar-refractivity contribution in [3.05, 3.63) is 11.9 Å². The Morgan fingerprint density at radius 2 is 2.42 bits per heavy atom. The summed E-state index contributed by atoms with van der Waals surface area (Å²) in [5.74, 6) is 0.850. The number of nitrogens with two attached hydrogens (primary N) is 1. The molecule has 0 amide bonds. The average molecular weight is 165 g/mol. The summed E-state index contributed by atoms with van der Waals surface area (Å²) in [5.41, 5.74) is 7.62. The summed E-state index contributed by atoms with van der Waals surface area (Å²) in [6.07, 6.45) is 5.85. The number of rotatable bonds is 2. The normalized spacial score (nSPS) is 17.8. The third kappa shape index (κ3) is 1.19. The van der Waals surface area contributed by atoms with Gasteiger partial charge >= 0.3 is 0 Å². The van der Waals surface area contributed by atoms with E-state index in [-0.39, 0.29) is 0 Å². The number of aromatic nitrogens is 2. The topological polar surface area (TPSA) is 43.8 Å². The van der Waals surface area contributed by atoms with Crippen LogP contribution in [0.5, 0.6) is 0 Å². The van der Waals surface area contributed by atoms with Crippen LogP contribution in [-0.4, -0.2) is 9.78 Å². The molecule has 66 valence electrons. The van der Waals surface area contributed by atoms with E-state index in [0.29, 0.717) is 0 Å². The van der Waals surface area contributed by atoms with Gasteiger partial charge in [0.2, 0.25) is 0 Å². The maximum atomic E-state index is 5.69. The highest BCUT2D eigenvalue weighted by molar-refractivity contribution is 5.39. The van der Waals surface area contributed by atoms with Crippen molar-refractivity contribution in [1.29, 1.82) is 0 Å². The molecule has 2 rings (SSSR count). The number of nitrogen functional groups attached to an aromatic ring is 1. The van der Waals surface area contributed by atoms with Crippen LogP contribution in [0.15, 0.2) is 6.20 Å². The van der Waals surface area contributed by atoms with Gasteiger partial charge in [0.05, 0.1) is 17.6 Å². The van der Waals surface area contributed by atoms with Crippen molar-refractivity contribution in [3.8, 4) is 0 Å². The van der Waals surface area contributed by atoms with E-state index in [0.717, 1.165) is 23.8 Å². The minimum absolute atomic E-state index is 0.814. The molecule has 1 saturated carbocycles. The van der Waals surface area contributed by atoms with Crippen LogP contribution in [-0.2, 0) is 6.54 Å². The van der Waals surface area contributed by atoms with Crippen molar-refractivity contribution in [1.82, 2.24) is 9.78 Å². The van der Waals surface area contributed by atoms with E-state index >= 15 is 0 Å². The predicted molar refractivity (Wildman–Crippen MR) is 48.7 cm³/mol.